The Kier molecular flexibility index (Phi) is 5.85. The van der Waals surface area contributed by atoms with Gasteiger partial charge in [-0.1, -0.05) is 19.8 Å². The van der Waals surface area contributed by atoms with E-state index in [1.807, 2.05) is 0 Å². The van der Waals surface area contributed by atoms with E-state index in [0.717, 1.165) is 32.1 Å². The molecule has 0 aromatic heterocycles. The third-order valence-corrected chi connectivity index (χ3v) is 5.41. The standard InChI is InChI=1S/C11H25N3O2S/c1-3-4-8-13(2)17(15,16)14-9-6-5-7-11(14)10-12/h11H,3-10,12H2,1-2H3. The average molecular weight is 263 g/mol. The van der Waals surface area contributed by atoms with Crippen LogP contribution < -0.4 is 5.73 Å². The van der Waals surface area contributed by atoms with Crippen LogP contribution in [0.1, 0.15) is 39.0 Å². The lowest BCUT2D eigenvalue weighted by Crippen LogP contribution is -2.52. The summed E-state index contributed by atoms with van der Waals surface area (Å²) in [4.78, 5) is 0. The first-order valence-corrected chi connectivity index (χ1v) is 7.87. The summed E-state index contributed by atoms with van der Waals surface area (Å²) in [5, 5.41) is 0. The lowest BCUT2D eigenvalue weighted by Gasteiger charge is -2.36. The van der Waals surface area contributed by atoms with Crippen molar-refractivity contribution >= 4 is 10.2 Å². The van der Waals surface area contributed by atoms with Crippen LogP contribution in [0.2, 0.25) is 0 Å². The molecule has 0 radical (unpaired) electrons. The quantitative estimate of drug-likeness (QED) is 0.770. The zero-order valence-corrected chi connectivity index (χ0v) is 11.7. The van der Waals surface area contributed by atoms with Crippen molar-refractivity contribution < 1.29 is 8.42 Å². The van der Waals surface area contributed by atoms with Gasteiger partial charge in [0.2, 0.25) is 0 Å². The summed E-state index contributed by atoms with van der Waals surface area (Å²) in [5.74, 6) is 0. The van der Waals surface area contributed by atoms with E-state index in [0.29, 0.717) is 19.6 Å². The maximum absolute atomic E-state index is 12.4. The molecule has 1 aliphatic rings. The molecule has 6 heteroatoms. The molecule has 0 aliphatic carbocycles. The van der Waals surface area contributed by atoms with Crippen molar-refractivity contribution in [3.05, 3.63) is 0 Å². The van der Waals surface area contributed by atoms with Crippen molar-refractivity contribution in [2.75, 3.05) is 26.7 Å². The third kappa shape index (κ3) is 3.64. The molecule has 102 valence electrons. The fourth-order valence-electron chi connectivity index (χ4n) is 2.19. The van der Waals surface area contributed by atoms with Gasteiger partial charge < -0.3 is 5.73 Å². The first-order chi connectivity index (χ1) is 8.04. The molecule has 1 fully saturated rings. The maximum atomic E-state index is 12.4. The normalized spacial score (nSPS) is 23.2. The molecular formula is C11H25N3O2S. The van der Waals surface area contributed by atoms with Gasteiger partial charge in [0, 0.05) is 32.7 Å². The fraction of sp³-hybridized carbons (Fsp3) is 1.00. The Morgan fingerprint density at radius 1 is 1.41 bits per heavy atom. The van der Waals surface area contributed by atoms with E-state index in [1.54, 1.807) is 11.4 Å². The third-order valence-electron chi connectivity index (χ3n) is 3.36. The second-order valence-electron chi connectivity index (χ2n) is 4.68. The molecule has 0 aromatic carbocycles. The maximum Gasteiger partial charge on any atom is 0.282 e. The molecule has 1 unspecified atom stereocenters. The highest BCUT2D eigenvalue weighted by molar-refractivity contribution is 7.86. The minimum Gasteiger partial charge on any atom is -0.329 e. The summed E-state index contributed by atoms with van der Waals surface area (Å²) >= 11 is 0. The van der Waals surface area contributed by atoms with E-state index in [9.17, 15) is 8.42 Å². The van der Waals surface area contributed by atoms with E-state index < -0.39 is 10.2 Å². The van der Waals surface area contributed by atoms with Gasteiger partial charge in [-0.05, 0) is 19.3 Å². The summed E-state index contributed by atoms with van der Waals surface area (Å²) in [7, 11) is -1.65. The van der Waals surface area contributed by atoms with Gasteiger partial charge in [0.15, 0.2) is 0 Å². The van der Waals surface area contributed by atoms with Crippen LogP contribution in [0.4, 0.5) is 0 Å². The Morgan fingerprint density at radius 3 is 2.71 bits per heavy atom. The number of hydrogen-bond acceptors (Lipinski definition) is 3. The van der Waals surface area contributed by atoms with Crippen molar-refractivity contribution in [1.29, 1.82) is 0 Å². The van der Waals surface area contributed by atoms with Gasteiger partial charge in [-0.3, -0.25) is 0 Å². The van der Waals surface area contributed by atoms with Gasteiger partial charge in [0.1, 0.15) is 0 Å². The summed E-state index contributed by atoms with van der Waals surface area (Å²) in [5.41, 5.74) is 5.67. The van der Waals surface area contributed by atoms with Crippen LogP contribution in [0.15, 0.2) is 0 Å². The van der Waals surface area contributed by atoms with Crippen molar-refractivity contribution in [3.63, 3.8) is 0 Å². The van der Waals surface area contributed by atoms with Crippen molar-refractivity contribution in [1.82, 2.24) is 8.61 Å². The number of piperidine rings is 1. The molecule has 0 aromatic rings. The Morgan fingerprint density at radius 2 is 2.12 bits per heavy atom. The first kappa shape index (κ1) is 14.9. The Labute approximate surface area is 105 Å². The minimum absolute atomic E-state index is 0.0159. The van der Waals surface area contributed by atoms with Crippen LogP contribution >= 0.6 is 0 Å². The van der Waals surface area contributed by atoms with Crippen molar-refractivity contribution in [2.24, 2.45) is 5.73 Å². The zero-order chi connectivity index (χ0) is 12.9. The molecule has 0 spiro atoms. The topological polar surface area (TPSA) is 66.6 Å². The molecule has 1 saturated heterocycles. The molecule has 0 amide bonds. The molecule has 17 heavy (non-hydrogen) atoms. The highest BCUT2D eigenvalue weighted by Gasteiger charge is 2.33. The van der Waals surface area contributed by atoms with Gasteiger partial charge in [-0.25, -0.2) is 0 Å². The highest BCUT2D eigenvalue weighted by atomic mass is 32.2. The summed E-state index contributed by atoms with van der Waals surface area (Å²) in [6, 6.07) is -0.0159. The van der Waals surface area contributed by atoms with Crippen LogP contribution in [0, 0.1) is 0 Å². The Bertz CT molecular complexity index is 319. The highest BCUT2D eigenvalue weighted by Crippen LogP contribution is 2.21. The number of rotatable bonds is 6. The van der Waals surface area contributed by atoms with Crippen LogP contribution in [-0.4, -0.2) is 49.8 Å². The largest absolute Gasteiger partial charge is 0.329 e. The molecule has 0 saturated carbocycles. The predicted octanol–water partition coefficient (Wildman–Crippen LogP) is 0.776. The van der Waals surface area contributed by atoms with Gasteiger partial charge in [-0.2, -0.15) is 17.0 Å². The first-order valence-electron chi connectivity index (χ1n) is 6.47. The van der Waals surface area contributed by atoms with Gasteiger partial charge >= 0.3 is 0 Å². The van der Waals surface area contributed by atoms with Crippen LogP contribution in [-0.2, 0) is 10.2 Å². The number of nitrogens with two attached hydrogens (primary N) is 1. The zero-order valence-electron chi connectivity index (χ0n) is 10.9. The Hall–Kier alpha value is -0.170. The van der Waals surface area contributed by atoms with Gasteiger partial charge in [-0.15, -0.1) is 0 Å². The van der Waals surface area contributed by atoms with Crippen molar-refractivity contribution in [2.45, 2.75) is 45.1 Å². The SMILES string of the molecule is CCCCN(C)S(=O)(=O)N1CCCCC1CN. The lowest BCUT2D eigenvalue weighted by molar-refractivity contribution is 0.240. The predicted molar refractivity (Wildman–Crippen MR) is 69.9 cm³/mol. The summed E-state index contributed by atoms with van der Waals surface area (Å²) in [6.07, 6.45) is 4.80. The monoisotopic (exact) mass is 263 g/mol. The van der Waals surface area contributed by atoms with Gasteiger partial charge in [0.25, 0.3) is 10.2 Å². The van der Waals surface area contributed by atoms with E-state index in [2.05, 4.69) is 6.92 Å². The van der Waals surface area contributed by atoms with Crippen LogP contribution in [0.5, 0.6) is 0 Å². The van der Waals surface area contributed by atoms with Crippen molar-refractivity contribution in [3.8, 4) is 0 Å². The molecule has 1 atom stereocenters. The number of nitrogens with zero attached hydrogens (tertiary/aromatic N) is 2. The van der Waals surface area contributed by atoms with E-state index in [-0.39, 0.29) is 6.04 Å². The summed E-state index contributed by atoms with van der Waals surface area (Å²) < 4.78 is 27.8. The number of unbranched alkanes of at least 4 members (excludes halogenated alkanes) is 1. The molecule has 1 heterocycles. The molecule has 5 nitrogen and oxygen atoms in total. The Balaban J connectivity index is 2.73. The van der Waals surface area contributed by atoms with Gasteiger partial charge in [0.05, 0.1) is 0 Å². The summed E-state index contributed by atoms with van der Waals surface area (Å²) in [6.45, 7) is 3.68. The molecular weight excluding hydrogens is 238 g/mol. The van der Waals surface area contributed by atoms with E-state index in [1.165, 1.54) is 4.31 Å². The lowest BCUT2D eigenvalue weighted by atomic mass is 10.1. The van der Waals surface area contributed by atoms with Crippen LogP contribution in [0.25, 0.3) is 0 Å². The molecule has 0 bridgehead atoms. The van der Waals surface area contributed by atoms with Crippen LogP contribution in [0.3, 0.4) is 0 Å². The second-order valence-corrected chi connectivity index (χ2v) is 6.67. The average Bonchev–Trinajstić information content (AvgIpc) is 2.35. The fourth-order valence-corrected chi connectivity index (χ4v) is 3.83. The minimum atomic E-state index is -3.31. The number of hydrogen-bond donors (Lipinski definition) is 1. The second kappa shape index (κ2) is 6.68. The molecule has 1 rings (SSSR count). The molecule has 1 aliphatic heterocycles. The smallest absolute Gasteiger partial charge is 0.282 e. The van der Waals surface area contributed by atoms with E-state index >= 15 is 0 Å². The molecule has 2 N–H and O–H groups in total. The van der Waals surface area contributed by atoms with E-state index in [4.69, 9.17) is 5.73 Å².